The molecule has 0 aromatic heterocycles. The predicted molar refractivity (Wildman–Crippen MR) is 283 cm³/mol. The number of nitrogens with one attached hydrogen (secondary N) is 1. The van der Waals surface area contributed by atoms with Gasteiger partial charge in [-0.1, -0.05) is 232 Å². The van der Waals surface area contributed by atoms with E-state index in [0.29, 0.717) is 12.8 Å². The maximum Gasteiger partial charge on any atom is 0.303 e. The molecule has 8 nitrogen and oxygen atoms in total. The summed E-state index contributed by atoms with van der Waals surface area (Å²) in [5, 5.41) is 40.2. The zero-order valence-electron chi connectivity index (χ0n) is 43.9. The number of rotatable bonds is 51. The Morgan fingerprint density at radius 1 is 0.385 bits per heavy atom. The van der Waals surface area contributed by atoms with Crippen LogP contribution in [0.2, 0.25) is 0 Å². The van der Waals surface area contributed by atoms with Crippen molar-refractivity contribution in [2.45, 2.75) is 322 Å². The van der Waals surface area contributed by atoms with E-state index in [1.165, 1.54) is 199 Å². The molecule has 8 heteroatoms. The van der Waals surface area contributed by atoms with Crippen molar-refractivity contribution in [2.24, 2.45) is 5.73 Å². The number of aliphatic hydroxyl groups is 2. The van der Waals surface area contributed by atoms with E-state index in [9.17, 15) is 19.8 Å². The molecule has 0 rings (SSSR count). The van der Waals surface area contributed by atoms with Crippen LogP contribution in [-0.2, 0) is 9.59 Å². The maximum absolute atomic E-state index is 10.3. The number of aliphatic hydroxyl groups excluding tert-OH is 2. The summed E-state index contributed by atoms with van der Waals surface area (Å²) in [6.45, 7) is 9.76. The monoisotopic (exact) mass is 925 g/mol. The number of carboxylic acid groups (broad SMARTS) is 2. The number of hydrogen-bond acceptors (Lipinski definition) is 6. The molecular formula is C57H116N2O6. The van der Waals surface area contributed by atoms with Crippen LogP contribution in [0.15, 0.2) is 12.2 Å². The first-order chi connectivity index (χ1) is 31.7. The van der Waals surface area contributed by atoms with E-state index < -0.39 is 11.9 Å². The van der Waals surface area contributed by atoms with Crippen LogP contribution in [-0.4, -0.2) is 64.2 Å². The van der Waals surface area contributed by atoms with Gasteiger partial charge in [0.05, 0.1) is 12.2 Å². The molecule has 0 spiro atoms. The van der Waals surface area contributed by atoms with E-state index >= 15 is 0 Å². The first-order valence-corrected chi connectivity index (χ1v) is 28.6. The van der Waals surface area contributed by atoms with Gasteiger partial charge in [0, 0.05) is 12.8 Å². The zero-order chi connectivity index (χ0) is 48.4. The van der Waals surface area contributed by atoms with Crippen molar-refractivity contribution >= 4 is 11.9 Å². The van der Waals surface area contributed by atoms with Gasteiger partial charge in [0.25, 0.3) is 0 Å². The lowest BCUT2D eigenvalue weighted by Gasteiger charge is -2.10. The second-order valence-corrected chi connectivity index (χ2v) is 19.4. The highest BCUT2D eigenvalue weighted by Gasteiger charge is 2.05. The second-order valence-electron chi connectivity index (χ2n) is 19.4. The molecule has 0 aromatic carbocycles. The van der Waals surface area contributed by atoms with Crippen molar-refractivity contribution in [3.05, 3.63) is 12.2 Å². The lowest BCUT2D eigenvalue weighted by atomic mass is 10.0. The van der Waals surface area contributed by atoms with Gasteiger partial charge < -0.3 is 31.5 Å². The summed E-state index contributed by atoms with van der Waals surface area (Å²) in [4.78, 5) is 20.7. The van der Waals surface area contributed by atoms with Gasteiger partial charge in [-0.2, -0.15) is 0 Å². The fourth-order valence-electron chi connectivity index (χ4n) is 8.19. The van der Waals surface area contributed by atoms with Gasteiger partial charge in [-0.3, -0.25) is 9.59 Å². The highest BCUT2D eigenvalue weighted by molar-refractivity contribution is 5.66. The van der Waals surface area contributed by atoms with E-state index in [2.05, 4.69) is 38.2 Å². The third-order valence-corrected chi connectivity index (χ3v) is 12.6. The molecule has 2 atom stereocenters. The summed E-state index contributed by atoms with van der Waals surface area (Å²) in [6, 6.07) is 0. The van der Waals surface area contributed by atoms with E-state index in [1.54, 1.807) is 0 Å². The van der Waals surface area contributed by atoms with Gasteiger partial charge >= 0.3 is 11.9 Å². The predicted octanol–water partition coefficient (Wildman–Crippen LogP) is 16.6. The van der Waals surface area contributed by atoms with Gasteiger partial charge in [0.2, 0.25) is 0 Å². The number of aliphatic carboxylic acids is 2. The van der Waals surface area contributed by atoms with Gasteiger partial charge in [-0.05, 0) is 96.7 Å². The van der Waals surface area contributed by atoms with E-state index in [4.69, 9.17) is 15.9 Å². The molecule has 0 aliphatic heterocycles. The van der Waals surface area contributed by atoms with Crippen LogP contribution >= 0.6 is 0 Å². The Bertz CT molecular complexity index is 870. The van der Waals surface area contributed by atoms with Crippen molar-refractivity contribution in [1.29, 1.82) is 0 Å². The van der Waals surface area contributed by atoms with Crippen LogP contribution in [0.3, 0.4) is 0 Å². The van der Waals surface area contributed by atoms with Crippen LogP contribution in [0.4, 0.5) is 0 Å². The molecule has 2 unspecified atom stereocenters. The lowest BCUT2D eigenvalue weighted by Crippen LogP contribution is -2.19. The summed E-state index contributed by atoms with van der Waals surface area (Å²) < 4.78 is 0. The molecule has 0 saturated heterocycles. The fourth-order valence-corrected chi connectivity index (χ4v) is 8.19. The number of allylic oxidation sites excluding steroid dienone is 2. The highest BCUT2D eigenvalue weighted by Crippen LogP contribution is 2.16. The number of hydrogen-bond donors (Lipinski definition) is 6. The van der Waals surface area contributed by atoms with Crippen molar-refractivity contribution < 1.29 is 30.0 Å². The molecule has 0 heterocycles. The molecule has 390 valence electrons. The minimum Gasteiger partial charge on any atom is -0.481 e. The number of carbonyl (C=O) groups is 2. The van der Waals surface area contributed by atoms with Crippen molar-refractivity contribution in [3.8, 4) is 0 Å². The maximum atomic E-state index is 10.3. The first-order valence-electron chi connectivity index (χ1n) is 28.6. The van der Waals surface area contributed by atoms with E-state index in [1.807, 2.05) is 0 Å². The van der Waals surface area contributed by atoms with Crippen LogP contribution in [0.1, 0.15) is 310 Å². The Labute approximate surface area is 405 Å². The second kappa shape index (κ2) is 62.5. The van der Waals surface area contributed by atoms with Crippen LogP contribution < -0.4 is 11.1 Å². The lowest BCUT2D eigenvalue weighted by molar-refractivity contribution is -0.138. The Hall–Kier alpha value is -1.48. The summed E-state index contributed by atoms with van der Waals surface area (Å²) in [5.74, 6) is -1.36. The number of carboxylic acids is 2. The average Bonchev–Trinajstić information content (AvgIpc) is 3.29. The highest BCUT2D eigenvalue weighted by atomic mass is 16.4. The van der Waals surface area contributed by atoms with E-state index in [-0.39, 0.29) is 12.2 Å². The van der Waals surface area contributed by atoms with Gasteiger partial charge in [0.15, 0.2) is 0 Å². The molecule has 0 bridgehead atoms. The average molecular weight is 926 g/mol. The molecule has 0 aromatic rings. The smallest absolute Gasteiger partial charge is 0.303 e. The van der Waals surface area contributed by atoms with Crippen LogP contribution in [0, 0.1) is 0 Å². The largest absolute Gasteiger partial charge is 0.481 e. The van der Waals surface area contributed by atoms with Crippen molar-refractivity contribution in [3.63, 3.8) is 0 Å². The molecular weight excluding hydrogens is 809 g/mol. The fraction of sp³-hybridized carbons (Fsp3) is 0.930. The molecule has 7 N–H and O–H groups in total. The standard InChI is InChI=1S/C21H44N2.2C18H36O3/c1-2-3-4-5-6-7-8-9-10-11-12-13-14-15-16-17-20-23-21-18-19-22;2*1-2-3-4-11-14-17(19)15-12-9-7-5-6-8-10-13-16-18(20)21/h9-10,23H,2-8,11-22H2,1H3;2*17,19H,2-16H2,1H3,(H,20,21)/b10-9-;;. The molecule has 0 aliphatic rings. The minimum absolute atomic E-state index is 0.0853. The third-order valence-electron chi connectivity index (χ3n) is 12.6. The summed E-state index contributed by atoms with van der Waals surface area (Å²) >= 11 is 0. The first kappa shape index (κ1) is 67.8. The Morgan fingerprint density at radius 3 is 0.969 bits per heavy atom. The normalized spacial score (nSPS) is 12.2. The Kier molecular flexibility index (Phi) is 65.2. The van der Waals surface area contributed by atoms with Crippen LogP contribution in [0.25, 0.3) is 0 Å². The Balaban J connectivity index is -0.000000888. The van der Waals surface area contributed by atoms with Gasteiger partial charge in [-0.15, -0.1) is 0 Å². The minimum atomic E-state index is -0.678. The quantitative estimate of drug-likeness (QED) is 0.0260. The van der Waals surface area contributed by atoms with Crippen LogP contribution in [0.5, 0.6) is 0 Å². The number of nitrogens with two attached hydrogens (primary N) is 1. The molecule has 0 amide bonds. The number of unbranched alkanes of at least 4 members (excludes halogenated alkanes) is 32. The van der Waals surface area contributed by atoms with Gasteiger partial charge in [0.1, 0.15) is 0 Å². The Morgan fingerprint density at radius 2 is 0.646 bits per heavy atom. The van der Waals surface area contributed by atoms with Crippen molar-refractivity contribution in [1.82, 2.24) is 5.32 Å². The van der Waals surface area contributed by atoms with Crippen molar-refractivity contribution in [2.75, 3.05) is 19.6 Å². The molecule has 65 heavy (non-hydrogen) atoms. The molecule has 0 saturated carbocycles. The summed E-state index contributed by atoms with van der Waals surface area (Å²) in [7, 11) is 0. The summed E-state index contributed by atoms with van der Waals surface area (Å²) in [6.07, 6.45) is 57.8. The topological polar surface area (TPSA) is 153 Å². The third kappa shape index (κ3) is 71.7. The summed E-state index contributed by atoms with van der Waals surface area (Å²) in [5.41, 5.74) is 5.46. The zero-order valence-corrected chi connectivity index (χ0v) is 43.9. The van der Waals surface area contributed by atoms with E-state index in [0.717, 1.165) is 96.6 Å². The SMILES string of the molecule is CCCCCCC(O)CCCCCCCCCCC(=O)O.CCCCCCC(O)CCCCCCCCCCC(=O)O.CCCCCCCC/C=C\CCCCCCCCNCCCN. The van der Waals surface area contributed by atoms with Gasteiger partial charge in [-0.25, -0.2) is 0 Å². The molecule has 0 aliphatic carbocycles. The molecule has 0 fully saturated rings. The molecule has 0 radical (unpaired) electrons.